The Hall–Kier alpha value is -3.44. The first-order chi connectivity index (χ1) is 14.0. The largest absolute Gasteiger partial charge is 0.507 e. The molecule has 0 aliphatic rings. The van der Waals surface area contributed by atoms with Crippen molar-refractivity contribution in [3.63, 3.8) is 0 Å². The number of nitriles is 1. The number of rotatable bonds is 7. The van der Waals surface area contributed by atoms with Crippen molar-refractivity contribution in [2.45, 2.75) is 17.9 Å². The van der Waals surface area contributed by atoms with Crippen molar-refractivity contribution in [3.8, 4) is 11.8 Å². The minimum absolute atomic E-state index is 0.0655. The van der Waals surface area contributed by atoms with Crippen molar-refractivity contribution in [3.05, 3.63) is 60.1 Å². The number of methoxy groups -OCH3 is 1. The number of carbonyl (C=O) groups excluding carboxylic acids is 1. The third kappa shape index (κ3) is 4.89. The van der Waals surface area contributed by atoms with Gasteiger partial charge in [-0.3, -0.25) is 4.79 Å². The van der Waals surface area contributed by atoms with Gasteiger partial charge in [0.1, 0.15) is 17.4 Å². The van der Waals surface area contributed by atoms with E-state index >= 15 is 0 Å². The molecule has 0 unspecified atom stereocenters. The Morgan fingerprint density at radius 3 is 2.66 bits per heavy atom. The fourth-order valence-corrected chi connectivity index (χ4v) is 3.29. The van der Waals surface area contributed by atoms with Crippen molar-refractivity contribution in [2.24, 2.45) is 0 Å². The zero-order chi connectivity index (χ0) is 20.8. The summed E-state index contributed by atoms with van der Waals surface area (Å²) in [5.74, 6) is 0.161. The Balaban J connectivity index is 1.66. The minimum Gasteiger partial charge on any atom is -0.507 e. The maximum Gasteiger partial charge on any atom is 0.316 e. The van der Waals surface area contributed by atoms with Gasteiger partial charge in [0.2, 0.25) is 0 Å². The van der Waals surface area contributed by atoms with E-state index < -0.39 is 12.1 Å². The van der Waals surface area contributed by atoms with Crippen LogP contribution in [0.3, 0.4) is 0 Å². The lowest BCUT2D eigenvalue weighted by Crippen LogP contribution is -2.19. The first-order valence-electron chi connectivity index (χ1n) is 8.76. The van der Waals surface area contributed by atoms with Crippen molar-refractivity contribution >= 4 is 34.3 Å². The van der Waals surface area contributed by atoms with Gasteiger partial charge in [-0.15, -0.1) is 11.8 Å². The van der Waals surface area contributed by atoms with Gasteiger partial charge in [-0.2, -0.15) is 5.26 Å². The van der Waals surface area contributed by atoms with E-state index in [0.717, 1.165) is 16.2 Å². The molecule has 29 heavy (non-hydrogen) atoms. The predicted molar refractivity (Wildman–Crippen MR) is 111 cm³/mol. The lowest BCUT2D eigenvalue weighted by molar-refractivity contribution is -0.144. The number of hydrogen-bond donors (Lipinski definition) is 2. The fourth-order valence-electron chi connectivity index (χ4n) is 2.61. The molecule has 1 atom stereocenters. The standard InChI is InChI=1S/C21H19N3O4S/c1-13(28-19(25)12-29-15-9-7-14(27-2)8-10-15)20(26)16(11-22)21-23-17-5-3-4-6-18(17)24-21/h3-10,13,26H,12H2,1-2H3,(H,23,24)/b20-16-/t13-/m1/s1. The van der Waals surface area contributed by atoms with Crippen molar-refractivity contribution in [1.29, 1.82) is 5.26 Å². The van der Waals surface area contributed by atoms with E-state index in [1.807, 2.05) is 36.4 Å². The van der Waals surface area contributed by atoms with E-state index in [1.54, 1.807) is 25.3 Å². The summed E-state index contributed by atoms with van der Waals surface area (Å²) in [7, 11) is 1.59. The highest BCUT2D eigenvalue weighted by Crippen LogP contribution is 2.23. The summed E-state index contributed by atoms with van der Waals surface area (Å²) in [5.41, 5.74) is 1.34. The van der Waals surface area contributed by atoms with Crippen LogP contribution < -0.4 is 4.74 Å². The van der Waals surface area contributed by atoms with E-state index in [9.17, 15) is 15.2 Å². The third-order valence-corrected chi connectivity index (χ3v) is 5.09. The average molecular weight is 409 g/mol. The number of nitrogens with one attached hydrogen (secondary N) is 1. The second-order valence-corrected chi connectivity index (χ2v) is 7.12. The molecule has 2 aromatic carbocycles. The van der Waals surface area contributed by atoms with Crippen LogP contribution in [0.1, 0.15) is 12.7 Å². The molecule has 0 saturated heterocycles. The zero-order valence-corrected chi connectivity index (χ0v) is 16.7. The van der Waals surface area contributed by atoms with Crippen LogP contribution >= 0.6 is 11.8 Å². The molecule has 0 bridgehead atoms. The van der Waals surface area contributed by atoms with Gasteiger partial charge in [-0.25, -0.2) is 4.98 Å². The molecule has 0 aliphatic heterocycles. The van der Waals surface area contributed by atoms with Gasteiger partial charge in [0.05, 0.1) is 23.9 Å². The molecular formula is C21H19N3O4S. The normalized spacial score (nSPS) is 12.7. The summed E-state index contributed by atoms with van der Waals surface area (Å²) in [6, 6.07) is 16.5. The lowest BCUT2D eigenvalue weighted by atomic mass is 10.2. The Bertz CT molecular complexity index is 1050. The number of fused-ring (bicyclic) bond motifs is 1. The van der Waals surface area contributed by atoms with Gasteiger partial charge in [0.15, 0.2) is 17.7 Å². The summed E-state index contributed by atoms with van der Waals surface area (Å²) in [6.07, 6.45) is -0.984. The average Bonchev–Trinajstić information content (AvgIpc) is 3.16. The number of nitrogens with zero attached hydrogens (tertiary/aromatic N) is 2. The summed E-state index contributed by atoms with van der Waals surface area (Å²) in [6.45, 7) is 1.51. The first kappa shape index (κ1) is 20.3. The molecule has 0 aliphatic carbocycles. The van der Waals surface area contributed by atoms with E-state index in [-0.39, 0.29) is 22.9 Å². The molecule has 2 N–H and O–H groups in total. The van der Waals surface area contributed by atoms with Crippen LogP contribution in [0.25, 0.3) is 16.6 Å². The van der Waals surface area contributed by atoms with Crippen LogP contribution in [0.4, 0.5) is 0 Å². The summed E-state index contributed by atoms with van der Waals surface area (Å²) in [4.78, 5) is 20.3. The highest BCUT2D eigenvalue weighted by Gasteiger charge is 2.21. The Kier molecular flexibility index (Phi) is 6.42. The molecule has 3 aromatic rings. The summed E-state index contributed by atoms with van der Waals surface area (Å²) >= 11 is 1.30. The Labute approximate surface area is 172 Å². The minimum atomic E-state index is -0.984. The number of aromatic amines is 1. The monoisotopic (exact) mass is 409 g/mol. The molecule has 0 radical (unpaired) electrons. The van der Waals surface area contributed by atoms with Crippen LogP contribution in [-0.4, -0.2) is 40.0 Å². The smallest absolute Gasteiger partial charge is 0.316 e. The van der Waals surface area contributed by atoms with E-state index in [2.05, 4.69) is 9.97 Å². The highest BCUT2D eigenvalue weighted by molar-refractivity contribution is 8.00. The second-order valence-electron chi connectivity index (χ2n) is 6.07. The van der Waals surface area contributed by atoms with Gasteiger partial charge >= 0.3 is 5.97 Å². The Morgan fingerprint density at radius 2 is 2.00 bits per heavy atom. The highest BCUT2D eigenvalue weighted by atomic mass is 32.2. The number of ether oxygens (including phenoxy) is 2. The molecule has 0 fully saturated rings. The number of aromatic nitrogens is 2. The van der Waals surface area contributed by atoms with Crippen LogP contribution in [0.15, 0.2) is 59.2 Å². The van der Waals surface area contributed by atoms with Crippen molar-refractivity contribution in [1.82, 2.24) is 9.97 Å². The van der Waals surface area contributed by atoms with E-state index in [0.29, 0.717) is 5.52 Å². The van der Waals surface area contributed by atoms with Gasteiger partial charge < -0.3 is 19.6 Å². The van der Waals surface area contributed by atoms with Crippen LogP contribution in [-0.2, 0) is 9.53 Å². The second kappa shape index (κ2) is 9.17. The molecule has 3 rings (SSSR count). The van der Waals surface area contributed by atoms with Crippen LogP contribution in [0.2, 0.25) is 0 Å². The number of imidazole rings is 1. The van der Waals surface area contributed by atoms with Gasteiger partial charge in [-0.1, -0.05) is 12.1 Å². The number of para-hydroxylation sites is 2. The molecule has 1 aromatic heterocycles. The molecule has 1 heterocycles. The molecule has 148 valence electrons. The number of aliphatic hydroxyl groups excluding tert-OH is 1. The Morgan fingerprint density at radius 1 is 1.28 bits per heavy atom. The van der Waals surface area contributed by atoms with Crippen molar-refractivity contribution in [2.75, 3.05) is 12.9 Å². The zero-order valence-electron chi connectivity index (χ0n) is 15.9. The van der Waals surface area contributed by atoms with Gasteiger partial charge in [0.25, 0.3) is 0 Å². The van der Waals surface area contributed by atoms with E-state index in [1.165, 1.54) is 18.7 Å². The summed E-state index contributed by atoms with van der Waals surface area (Å²) < 4.78 is 10.4. The number of carbonyl (C=O) groups is 1. The topological polar surface area (TPSA) is 108 Å². The SMILES string of the molecule is COc1ccc(SCC(=O)O[C@H](C)/C(O)=C(\C#N)c2nc3ccccc3[nH]2)cc1. The number of hydrogen-bond acceptors (Lipinski definition) is 7. The third-order valence-electron chi connectivity index (χ3n) is 4.10. The number of allylic oxidation sites excluding steroid dienone is 1. The van der Waals surface area contributed by atoms with Crippen LogP contribution in [0.5, 0.6) is 5.75 Å². The van der Waals surface area contributed by atoms with Crippen molar-refractivity contribution < 1.29 is 19.4 Å². The van der Waals surface area contributed by atoms with E-state index in [4.69, 9.17) is 9.47 Å². The first-order valence-corrected chi connectivity index (χ1v) is 9.75. The number of H-pyrrole nitrogens is 1. The predicted octanol–water partition coefficient (Wildman–Crippen LogP) is 4.09. The fraction of sp³-hybridized carbons (Fsp3) is 0.190. The molecule has 0 saturated carbocycles. The molecule has 8 heteroatoms. The molecular weight excluding hydrogens is 390 g/mol. The molecule has 7 nitrogen and oxygen atoms in total. The maximum atomic E-state index is 12.1. The number of esters is 1. The maximum absolute atomic E-state index is 12.1. The molecule has 0 amide bonds. The van der Waals surface area contributed by atoms with Gasteiger partial charge in [-0.05, 0) is 43.3 Å². The summed E-state index contributed by atoms with van der Waals surface area (Å²) in [5, 5.41) is 19.9. The van der Waals surface area contributed by atoms with Gasteiger partial charge in [0, 0.05) is 4.90 Å². The number of aliphatic hydroxyl groups is 1. The van der Waals surface area contributed by atoms with Crippen LogP contribution in [0, 0.1) is 11.3 Å². The molecule has 0 spiro atoms. The lowest BCUT2D eigenvalue weighted by Gasteiger charge is -2.13. The quantitative estimate of drug-likeness (QED) is 0.262. The number of thioether (sulfide) groups is 1. The number of benzene rings is 2.